The summed E-state index contributed by atoms with van der Waals surface area (Å²) in [5, 5.41) is 3.57. The molecule has 0 fully saturated rings. The highest BCUT2D eigenvalue weighted by Crippen LogP contribution is 2.31. The zero-order valence-electron chi connectivity index (χ0n) is 9.56. The van der Waals surface area contributed by atoms with E-state index in [-0.39, 0.29) is 0 Å². The Kier molecular flexibility index (Phi) is 3.20. The van der Waals surface area contributed by atoms with Gasteiger partial charge in [0.2, 0.25) is 0 Å². The van der Waals surface area contributed by atoms with Crippen molar-refractivity contribution in [2.75, 3.05) is 5.75 Å². The third-order valence-corrected chi connectivity index (χ3v) is 4.16. The molecule has 3 heteroatoms. The van der Waals surface area contributed by atoms with Gasteiger partial charge in [0.15, 0.2) is 0 Å². The van der Waals surface area contributed by atoms with Gasteiger partial charge in [-0.3, -0.25) is 0 Å². The van der Waals surface area contributed by atoms with Gasteiger partial charge in [-0.2, -0.15) is 11.8 Å². The molecule has 0 bridgehead atoms. The second-order valence-electron chi connectivity index (χ2n) is 4.23. The van der Waals surface area contributed by atoms with Crippen molar-refractivity contribution in [2.45, 2.75) is 18.3 Å². The predicted octanol–water partition coefficient (Wildman–Crippen LogP) is 3.36. The quantitative estimate of drug-likeness (QED) is 0.897. The second kappa shape index (κ2) is 4.98. The van der Waals surface area contributed by atoms with Crippen LogP contribution in [-0.4, -0.2) is 5.75 Å². The third kappa shape index (κ3) is 2.40. The van der Waals surface area contributed by atoms with Crippen molar-refractivity contribution in [2.24, 2.45) is 0 Å². The van der Waals surface area contributed by atoms with Gasteiger partial charge in [-0.05, 0) is 23.3 Å². The number of thioether (sulfide) groups is 1. The largest absolute Gasteiger partial charge is 0.468 e. The van der Waals surface area contributed by atoms with E-state index in [4.69, 9.17) is 4.42 Å². The molecule has 1 aromatic carbocycles. The normalized spacial score (nSPS) is 18.9. The Morgan fingerprint density at radius 2 is 2.18 bits per heavy atom. The summed E-state index contributed by atoms with van der Waals surface area (Å²) in [5.74, 6) is 3.27. The Morgan fingerprint density at radius 3 is 3.06 bits per heavy atom. The zero-order valence-corrected chi connectivity index (χ0v) is 10.4. The minimum atomic E-state index is 0.440. The summed E-state index contributed by atoms with van der Waals surface area (Å²) in [7, 11) is 0. The van der Waals surface area contributed by atoms with Crippen molar-refractivity contribution in [1.29, 1.82) is 0 Å². The highest BCUT2D eigenvalue weighted by molar-refractivity contribution is 7.98. The average molecular weight is 245 g/mol. The summed E-state index contributed by atoms with van der Waals surface area (Å²) in [6.45, 7) is 0.798. The maximum Gasteiger partial charge on any atom is 0.117 e. The van der Waals surface area contributed by atoms with E-state index in [1.165, 1.54) is 11.1 Å². The summed E-state index contributed by atoms with van der Waals surface area (Å²) in [6, 6.07) is 13.1. The van der Waals surface area contributed by atoms with Gasteiger partial charge in [-0.25, -0.2) is 0 Å². The number of furan rings is 1. The number of hydrogen-bond donors (Lipinski definition) is 1. The fraction of sp³-hybridized carbons (Fsp3) is 0.286. The topological polar surface area (TPSA) is 25.2 Å². The third-order valence-electron chi connectivity index (χ3n) is 3.08. The monoisotopic (exact) mass is 245 g/mol. The van der Waals surface area contributed by atoms with Gasteiger partial charge in [0.1, 0.15) is 5.76 Å². The fourth-order valence-electron chi connectivity index (χ4n) is 2.19. The highest BCUT2D eigenvalue weighted by atomic mass is 32.2. The van der Waals surface area contributed by atoms with Crippen LogP contribution in [0.4, 0.5) is 0 Å². The van der Waals surface area contributed by atoms with E-state index in [1.54, 1.807) is 6.26 Å². The fourth-order valence-corrected chi connectivity index (χ4v) is 3.32. The molecule has 0 aliphatic carbocycles. The highest BCUT2D eigenvalue weighted by Gasteiger charge is 2.19. The molecule has 1 N–H and O–H groups in total. The first-order valence-electron chi connectivity index (χ1n) is 5.85. The molecule has 1 aliphatic heterocycles. The summed E-state index contributed by atoms with van der Waals surface area (Å²) in [4.78, 5) is 0. The molecule has 1 aromatic heterocycles. The zero-order chi connectivity index (χ0) is 11.5. The van der Waals surface area contributed by atoms with E-state index in [2.05, 4.69) is 29.6 Å². The molecule has 0 saturated carbocycles. The number of benzene rings is 1. The van der Waals surface area contributed by atoms with E-state index in [0.717, 1.165) is 23.8 Å². The lowest BCUT2D eigenvalue weighted by Gasteiger charge is -2.25. The van der Waals surface area contributed by atoms with E-state index in [9.17, 15) is 0 Å². The molecular weight excluding hydrogens is 230 g/mol. The van der Waals surface area contributed by atoms with Gasteiger partial charge < -0.3 is 9.73 Å². The van der Waals surface area contributed by atoms with Crippen LogP contribution in [0.1, 0.15) is 22.9 Å². The van der Waals surface area contributed by atoms with Crippen LogP contribution < -0.4 is 5.32 Å². The number of hydrogen-bond acceptors (Lipinski definition) is 3. The van der Waals surface area contributed by atoms with Crippen LogP contribution in [-0.2, 0) is 12.3 Å². The Hall–Kier alpha value is -1.19. The van der Waals surface area contributed by atoms with E-state index >= 15 is 0 Å². The first-order valence-corrected chi connectivity index (χ1v) is 7.00. The van der Waals surface area contributed by atoms with E-state index in [0.29, 0.717) is 6.04 Å². The molecule has 1 atom stereocenters. The maximum absolute atomic E-state index is 5.34. The molecule has 2 nitrogen and oxygen atoms in total. The number of rotatable bonds is 3. The van der Waals surface area contributed by atoms with Crippen LogP contribution in [0, 0.1) is 0 Å². The van der Waals surface area contributed by atoms with Crippen LogP contribution in [0.2, 0.25) is 0 Å². The van der Waals surface area contributed by atoms with E-state index < -0.39 is 0 Å². The van der Waals surface area contributed by atoms with Crippen molar-refractivity contribution in [3.05, 3.63) is 59.5 Å². The molecule has 0 radical (unpaired) electrons. The first kappa shape index (κ1) is 10.9. The number of nitrogens with one attached hydrogen (secondary N) is 1. The Bertz CT molecular complexity index is 481. The summed E-state index contributed by atoms with van der Waals surface area (Å²) >= 11 is 1.99. The van der Waals surface area contributed by atoms with Crippen molar-refractivity contribution in [3.8, 4) is 0 Å². The molecule has 88 valence electrons. The van der Waals surface area contributed by atoms with E-state index in [1.807, 2.05) is 23.9 Å². The van der Waals surface area contributed by atoms with Gasteiger partial charge in [-0.1, -0.05) is 24.3 Å². The summed E-state index contributed by atoms with van der Waals surface area (Å²) in [5.41, 5.74) is 2.90. The maximum atomic E-state index is 5.34. The molecule has 1 unspecified atom stereocenters. The number of fused-ring (bicyclic) bond motifs is 1. The Balaban J connectivity index is 1.72. The molecule has 0 spiro atoms. The average Bonchev–Trinajstić information content (AvgIpc) is 2.89. The molecule has 2 heterocycles. The van der Waals surface area contributed by atoms with Gasteiger partial charge in [0, 0.05) is 17.5 Å². The van der Waals surface area contributed by atoms with Gasteiger partial charge in [0.05, 0.1) is 12.8 Å². The minimum absolute atomic E-state index is 0.440. The standard InChI is InChI=1S/C14H15NOS/c1-2-6-13-11(4-1)9-17-10-14(13)15-8-12-5-3-7-16-12/h1-7,14-15H,8-10H2. The van der Waals surface area contributed by atoms with Crippen LogP contribution in [0.3, 0.4) is 0 Å². The molecule has 1 aliphatic rings. The Morgan fingerprint density at radius 1 is 1.24 bits per heavy atom. The lowest BCUT2D eigenvalue weighted by atomic mass is 10.0. The molecular formula is C14H15NOS. The van der Waals surface area contributed by atoms with Gasteiger partial charge in [-0.15, -0.1) is 0 Å². The molecule has 0 amide bonds. The minimum Gasteiger partial charge on any atom is -0.468 e. The van der Waals surface area contributed by atoms with Crippen LogP contribution in [0.5, 0.6) is 0 Å². The summed E-state index contributed by atoms with van der Waals surface area (Å²) in [6.07, 6.45) is 1.72. The predicted molar refractivity (Wildman–Crippen MR) is 70.9 cm³/mol. The van der Waals surface area contributed by atoms with Crippen LogP contribution in [0.15, 0.2) is 47.1 Å². The molecule has 3 rings (SSSR count). The van der Waals surface area contributed by atoms with Crippen molar-refractivity contribution in [1.82, 2.24) is 5.32 Å². The first-order chi connectivity index (χ1) is 8.43. The molecule has 2 aromatic rings. The van der Waals surface area contributed by atoms with Crippen molar-refractivity contribution >= 4 is 11.8 Å². The molecule has 0 saturated heterocycles. The SMILES string of the molecule is c1coc(CNC2CSCc3ccccc32)c1. The van der Waals surface area contributed by atoms with Crippen LogP contribution in [0.25, 0.3) is 0 Å². The lowest BCUT2D eigenvalue weighted by Crippen LogP contribution is -2.26. The smallest absolute Gasteiger partial charge is 0.117 e. The molecule has 17 heavy (non-hydrogen) atoms. The second-order valence-corrected chi connectivity index (χ2v) is 5.26. The lowest BCUT2D eigenvalue weighted by molar-refractivity contribution is 0.461. The van der Waals surface area contributed by atoms with Gasteiger partial charge >= 0.3 is 0 Å². The van der Waals surface area contributed by atoms with Crippen molar-refractivity contribution < 1.29 is 4.42 Å². The van der Waals surface area contributed by atoms with Crippen LogP contribution >= 0.6 is 11.8 Å². The van der Waals surface area contributed by atoms with Gasteiger partial charge in [0.25, 0.3) is 0 Å². The Labute approximate surface area is 105 Å². The summed E-state index contributed by atoms with van der Waals surface area (Å²) < 4.78 is 5.34. The van der Waals surface area contributed by atoms with Crippen molar-refractivity contribution in [3.63, 3.8) is 0 Å².